The minimum absolute atomic E-state index is 0.00958. The third kappa shape index (κ3) is 2.74. The van der Waals surface area contributed by atoms with E-state index in [9.17, 15) is 4.79 Å². The lowest BCUT2D eigenvalue weighted by Gasteiger charge is -2.15. The van der Waals surface area contributed by atoms with Crippen molar-refractivity contribution in [2.75, 3.05) is 13.6 Å². The van der Waals surface area contributed by atoms with Crippen LogP contribution in [0.25, 0.3) is 0 Å². The molecule has 1 heterocycles. The lowest BCUT2D eigenvalue weighted by Crippen LogP contribution is -2.28. The monoisotopic (exact) mass is 250 g/mol. The third-order valence-corrected chi connectivity index (χ3v) is 3.60. The van der Waals surface area contributed by atoms with Crippen LogP contribution in [0.2, 0.25) is 0 Å². The summed E-state index contributed by atoms with van der Waals surface area (Å²) < 4.78 is 5.35. The molecule has 0 aliphatic heterocycles. The van der Waals surface area contributed by atoms with E-state index < -0.39 is 0 Å². The van der Waals surface area contributed by atoms with Gasteiger partial charge in [0.25, 0.3) is 5.91 Å². The molecule has 0 radical (unpaired) electrons. The minimum atomic E-state index is 0.00958. The summed E-state index contributed by atoms with van der Waals surface area (Å²) in [7, 11) is 1.84. The molecule has 1 aromatic rings. The Bertz CT molecular complexity index is 412. The molecule has 0 atom stereocenters. The third-order valence-electron chi connectivity index (χ3n) is 3.60. The van der Waals surface area contributed by atoms with Crippen molar-refractivity contribution >= 4 is 5.91 Å². The lowest BCUT2D eigenvalue weighted by atomic mass is 10.1. The summed E-state index contributed by atoms with van der Waals surface area (Å²) >= 11 is 0. The van der Waals surface area contributed by atoms with Crippen molar-refractivity contribution < 1.29 is 9.32 Å². The molecule has 0 unspecified atom stereocenters. The summed E-state index contributed by atoms with van der Waals surface area (Å²) in [6.07, 6.45) is 7.46. The summed E-state index contributed by atoms with van der Waals surface area (Å²) in [5, 5.41) is 4.00. The van der Waals surface area contributed by atoms with E-state index in [0.717, 1.165) is 56.4 Å². The van der Waals surface area contributed by atoms with Gasteiger partial charge < -0.3 is 9.42 Å². The van der Waals surface area contributed by atoms with Gasteiger partial charge in [0.05, 0.1) is 0 Å². The van der Waals surface area contributed by atoms with Crippen molar-refractivity contribution in [3.8, 4) is 0 Å². The van der Waals surface area contributed by atoms with Gasteiger partial charge in [-0.05, 0) is 25.7 Å². The van der Waals surface area contributed by atoms with Gasteiger partial charge in [-0.15, -0.1) is 0 Å². The Hall–Kier alpha value is -1.32. The lowest BCUT2D eigenvalue weighted by molar-refractivity contribution is 0.0782. The zero-order valence-electron chi connectivity index (χ0n) is 11.4. The Balaban J connectivity index is 2.13. The van der Waals surface area contributed by atoms with Crippen LogP contribution in [0.5, 0.6) is 0 Å². The van der Waals surface area contributed by atoms with Crippen LogP contribution in [-0.4, -0.2) is 29.6 Å². The summed E-state index contributed by atoms with van der Waals surface area (Å²) in [5.74, 6) is 0.940. The summed E-state index contributed by atoms with van der Waals surface area (Å²) in [5.41, 5.74) is 1.60. The smallest absolute Gasteiger partial charge is 0.276 e. The first kappa shape index (κ1) is 13.1. The number of aromatic nitrogens is 1. The van der Waals surface area contributed by atoms with Gasteiger partial charge in [-0.3, -0.25) is 4.79 Å². The van der Waals surface area contributed by atoms with E-state index >= 15 is 0 Å². The fourth-order valence-electron chi connectivity index (χ4n) is 2.41. The quantitative estimate of drug-likeness (QED) is 0.772. The Morgan fingerprint density at radius 3 is 2.89 bits per heavy atom. The Morgan fingerprint density at radius 1 is 1.33 bits per heavy atom. The highest BCUT2D eigenvalue weighted by molar-refractivity contribution is 5.93. The van der Waals surface area contributed by atoms with Crippen molar-refractivity contribution in [3.05, 3.63) is 17.0 Å². The first-order valence-corrected chi connectivity index (χ1v) is 6.97. The predicted octanol–water partition coefficient (Wildman–Crippen LogP) is 2.82. The molecule has 4 heteroatoms. The van der Waals surface area contributed by atoms with Crippen molar-refractivity contribution in [1.29, 1.82) is 0 Å². The van der Waals surface area contributed by atoms with E-state index in [4.69, 9.17) is 4.52 Å². The van der Waals surface area contributed by atoms with Crippen LogP contribution in [0.3, 0.4) is 0 Å². The largest absolute Gasteiger partial charge is 0.360 e. The number of fused-ring (bicyclic) bond motifs is 1. The second-order valence-corrected chi connectivity index (χ2v) is 5.07. The topological polar surface area (TPSA) is 46.3 Å². The molecule has 1 aliphatic rings. The first-order valence-electron chi connectivity index (χ1n) is 6.97. The number of carbonyl (C=O) groups is 1. The van der Waals surface area contributed by atoms with Crippen molar-refractivity contribution in [2.45, 2.75) is 51.9 Å². The second kappa shape index (κ2) is 6.03. The van der Waals surface area contributed by atoms with Gasteiger partial charge in [0.15, 0.2) is 5.69 Å². The molecule has 0 bridgehead atoms. The highest BCUT2D eigenvalue weighted by atomic mass is 16.5. The highest BCUT2D eigenvalue weighted by Crippen LogP contribution is 2.24. The van der Waals surface area contributed by atoms with Gasteiger partial charge >= 0.3 is 0 Å². The molecule has 1 amide bonds. The predicted molar refractivity (Wildman–Crippen MR) is 69.6 cm³/mol. The zero-order valence-corrected chi connectivity index (χ0v) is 11.4. The Kier molecular flexibility index (Phi) is 4.39. The van der Waals surface area contributed by atoms with Crippen LogP contribution in [-0.2, 0) is 12.8 Å². The molecule has 18 heavy (non-hydrogen) atoms. The highest BCUT2D eigenvalue weighted by Gasteiger charge is 2.24. The molecule has 0 aromatic carbocycles. The van der Waals surface area contributed by atoms with Crippen LogP contribution in [0, 0.1) is 0 Å². The van der Waals surface area contributed by atoms with Gasteiger partial charge in [-0.2, -0.15) is 0 Å². The van der Waals surface area contributed by atoms with E-state index in [2.05, 4.69) is 12.1 Å². The number of unbranched alkanes of at least 4 members (excludes halogenated alkanes) is 1. The van der Waals surface area contributed by atoms with Crippen LogP contribution < -0.4 is 0 Å². The van der Waals surface area contributed by atoms with Crippen molar-refractivity contribution in [1.82, 2.24) is 10.1 Å². The number of aryl methyl sites for hydroxylation is 1. The van der Waals surface area contributed by atoms with E-state index in [1.54, 1.807) is 4.90 Å². The maximum absolute atomic E-state index is 12.3. The fourth-order valence-corrected chi connectivity index (χ4v) is 2.41. The van der Waals surface area contributed by atoms with Crippen molar-refractivity contribution in [2.24, 2.45) is 0 Å². The summed E-state index contributed by atoms with van der Waals surface area (Å²) in [4.78, 5) is 14.1. The maximum Gasteiger partial charge on any atom is 0.276 e. The van der Waals surface area contributed by atoms with E-state index in [1.807, 2.05) is 7.05 Å². The van der Waals surface area contributed by atoms with E-state index in [-0.39, 0.29) is 5.91 Å². The number of amides is 1. The number of nitrogens with zero attached hydrogens (tertiary/aromatic N) is 2. The molecular formula is C14H22N2O2. The van der Waals surface area contributed by atoms with Gasteiger partial charge in [0.2, 0.25) is 0 Å². The average Bonchev–Trinajstić information content (AvgIpc) is 2.63. The van der Waals surface area contributed by atoms with E-state index in [1.165, 1.54) is 6.42 Å². The molecule has 0 saturated carbocycles. The summed E-state index contributed by atoms with van der Waals surface area (Å²) in [6, 6.07) is 0. The normalized spacial score (nSPS) is 15.0. The number of hydrogen-bond acceptors (Lipinski definition) is 3. The summed E-state index contributed by atoms with van der Waals surface area (Å²) in [6.45, 7) is 2.91. The van der Waals surface area contributed by atoms with Gasteiger partial charge in [-0.25, -0.2) is 0 Å². The van der Waals surface area contributed by atoms with Crippen LogP contribution in [0.15, 0.2) is 4.52 Å². The number of rotatable bonds is 4. The standard InChI is InChI=1S/C14H22N2O2/c1-3-4-10-16(2)14(17)13-11-8-6-5-7-9-12(11)18-15-13/h3-10H2,1-2H3. The Labute approximate surface area is 108 Å². The minimum Gasteiger partial charge on any atom is -0.360 e. The number of hydrogen-bond donors (Lipinski definition) is 0. The van der Waals surface area contributed by atoms with Crippen LogP contribution >= 0.6 is 0 Å². The molecular weight excluding hydrogens is 228 g/mol. The molecule has 1 aliphatic carbocycles. The second-order valence-electron chi connectivity index (χ2n) is 5.07. The molecule has 0 spiro atoms. The van der Waals surface area contributed by atoms with E-state index in [0.29, 0.717) is 5.69 Å². The van der Waals surface area contributed by atoms with Gasteiger partial charge in [0, 0.05) is 25.6 Å². The van der Waals surface area contributed by atoms with Crippen LogP contribution in [0.1, 0.15) is 60.8 Å². The SMILES string of the molecule is CCCCN(C)C(=O)c1noc2c1CCCCC2. The average molecular weight is 250 g/mol. The zero-order chi connectivity index (χ0) is 13.0. The molecule has 1 aromatic heterocycles. The van der Waals surface area contributed by atoms with Crippen LogP contribution in [0.4, 0.5) is 0 Å². The molecule has 2 rings (SSSR count). The fraction of sp³-hybridized carbons (Fsp3) is 0.714. The molecule has 0 saturated heterocycles. The van der Waals surface area contributed by atoms with Crippen molar-refractivity contribution in [3.63, 3.8) is 0 Å². The molecule has 100 valence electrons. The Morgan fingerprint density at radius 2 is 2.11 bits per heavy atom. The molecule has 0 fully saturated rings. The van der Waals surface area contributed by atoms with Gasteiger partial charge in [0.1, 0.15) is 5.76 Å². The molecule has 4 nitrogen and oxygen atoms in total. The van der Waals surface area contributed by atoms with Gasteiger partial charge in [-0.1, -0.05) is 24.9 Å². The molecule has 0 N–H and O–H groups in total. The maximum atomic E-state index is 12.3. The first-order chi connectivity index (χ1) is 8.74. The number of carbonyl (C=O) groups excluding carboxylic acids is 1.